The first-order valence-corrected chi connectivity index (χ1v) is 7.90. The van der Waals surface area contributed by atoms with E-state index < -0.39 is 5.41 Å². The lowest BCUT2D eigenvalue weighted by Gasteiger charge is -2.17. The monoisotopic (exact) mass is 342 g/mol. The second-order valence-electron chi connectivity index (χ2n) is 6.59. The maximum atomic E-state index is 11.9. The van der Waals surface area contributed by atoms with Crippen LogP contribution in [0.4, 0.5) is 0 Å². The van der Waals surface area contributed by atoms with E-state index in [-0.39, 0.29) is 5.97 Å². The molecule has 0 radical (unpaired) electrons. The number of aldehydes is 1. The van der Waals surface area contributed by atoms with Crippen molar-refractivity contribution in [1.82, 2.24) is 0 Å². The first-order chi connectivity index (χ1) is 11.8. The van der Waals surface area contributed by atoms with Gasteiger partial charge in [0.05, 0.1) is 18.1 Å². The third-order valence-corrected chi connectivity index (χ3v) is 3.48. The number of rotatable bonds is 6. The molecule has 0 saturated heterocycles. The van der Waals surface area contributed by atoms with E-state index in [1.165, 1.54) is 6.07 Å². The second-order valence-corrected chi connectivity index (χ2v) is 6.59. The molecule has 0 heterocycles. The van der Waals surface area contributed by atoms with E-state index in [1.54, 1.807) is 40.0 Å². The molecule has 0 bridgehead atoms. The van der Waals surface area contributed by atoms with Crippen LogP contribution in [0.1, 0.15) is 36.7 Å². The van der Waals surface area contributed by atoms with E-state index in [1.807, 2.05) is 24.3 Å². The zero-order valence-electron chi connectivity index (χ0n) is 14.9. The van der Waals surface area contributed by atoms with Crippen LogP contribution in [0.3, 0.4) is 0 Å². The molecular weight excluding hydrogens is 320 g/mol. The van der Waals surface area contributed by atoms with Gasteiger partial charge in [0.2, 0.25) is 0 Å². The Bertz CT molecular complexity index is 742. The summed E-state index contributed by atoms with van der Waals surface area (Å²) in [6, 6.07) is 12.2. The summed E-state index contributed by atoms with van der Waals surface area (Å²) in [6.07, 6.45) is 0.678. The highest BCUT2D eigenvalue weighted by Gasteiger charge is 2.24. The molecule has 0 atom stereocenters. The minimum absolute atomic E-state index is 0.311. The predicted molar refractivity (Wildman–Crippen MR) is 94.2 cm³/mol. The van der Waals surface area contributed by atoms with E-state index in [0.717, 1.165) is 11.3 Å². The number of methoxy groups -OCH3 is 1. The van der Waals surface area contributed by atoms with Crippen LogP contribution in [0, 0.1) is 5.41 Å². The van der Waals surface area contributed by atoms with Gasteiger partial charge in [-0.05, 0) is 56.7 Å². The van der Waals surface area contributed by atoms with Crippen LogP contribution >= 0.6 is 0 Å². The van der Waals surface area contributed by atoms with Crippen LogP contribution in [0.25, 0.3) is 0 Å². The fraction of sp³-hybridized carbons (Fsp3) is 0.300. The lowest BCUT2D eigenvalue weighted by atomic mass is 9.97. The highest BCUT2D eigenvalue weighted by Crippen LogP contribution is 2.26. The summed E-state index contributed by atoms with van der Waals surface area (Å²) in [5.41, 5.74) is 0.652. The molecule has 5 nitrogen and oxygen atoms in total. The summed E-state index contributed by atoms with van der Waals surface area (Å²) in [5.74, 6) is 1.15. The van der Waals surface area contributed by atoms with Crippen LogP contribution in [0.2, 0.25) is 0 Å². The molecule has 0 unspecified atom stereocenters. The number of carbonyl (C=O) groups is 2. The minimum atomic E-state index is -0.620. The Balaban J connectivity index is 2.08. The number of esters is 1. The summed E-state index contributed by atoms with van der Waals surface area (Å²) < 4.78 is 16.1. The number of hydrogen-bond acceptors (Lipinski definition) is 5. The summed E-state index contributed by atoms with van der Waals surface area (Å²) in [6.45, 7) is 5.61. The van der Waals surface area contributed by atoms with Gasteiger partial charge >= 0.3 is 5.97 Å². The molecule has 0 aliphatic rings. The molecular formula is C20H22O5. The van der Waals surface area contributed by atoms with Crippen molar-refractivity contribution in [3.05, 3.63) is 53.6 Å². The van der Waals surface area contributed by atoms with Gasteiger partial charge in [0.15, 0.2) is 6.29 Å². The molecule has 2 rings (SSSR count). The molecule has 25 heavy (non-hydrogen) atoms. The molecule has 0 spiro atoms. The van der Waals surface area contributed by atoms with Gasteiger partial charge in [0, 0.05) is 0 Å². The van der Waals surface area contributed by atoms with Crippen molar-refractivity contribution in [3.63, 3.8) is 0 Å². The van der Waals surface area contributed by atoms with E-state index in [4.69, 9.17) is 14.2 Å². The van der Waals surface area contributed by atoms with Gasteiger partial charge in [0.25, 0.3) is 0 Å². The smallest absolute Gasteiger partial charge is 0.316 e. The maximum absolute atomic E-state index is 11.9. The Labute approximate surface area is 147 Å². The summed E-state index contributed by atoms with van der Waals surface area (Å²) >= 11 is 0. The molecule has 2 aromatic carbocycles. The van der Waals surface area contributed by atoms with Crippen LogP contribution < -0.4 is 14.2 Å². The summed E-state index contributed by atoms with van der Waals surface area (Å²) in [4.78, 5) is 23.2. The van der Waals surface area contributed by atoms with E-state index in [2.05, 4.69) is 0 Å². The average molecular weight is 342 g/mol. The third-order valence-electron chi connectivity index (χ3n) is 3.48. The van der Waals surface area contributed by atoms with Gasteiger partial charge in [-0.1, -0.05) is 12.1 Å². The lowest BCUT2D eigenvalue weighted by molar-refractivity contribution is -0.143. The Hall–Kier alpha value is -2.82. The molecule has 5 heteroatoms. The van der Waals surface area contributed by atoms with Crippen LogP contribution in [0.15, 0.2) is 42.5 Å². The van der Waals surface area contributed by atoms with Crippen molar-refractivity contribution >= 4 is 12.3 Å². The Morgan fingerprint density at radius 3 is 2.24 bits per heavy atom. The normalized spacial score (nSPS) is 10.9. The standard InChI is InChI=1S/C20H22O5/c1-20(2,3)19(22)25-17-9-10-18(15(11-17)12-21)24-13-14-5-7-16(23-4)8-6-14/h5-12H,13H2,1-4H3. The SMILES string of the molecule is COc1ccc(COc2ccc(OC(=O)C(C)(C)C)cc2C=O)cc1. The highest BCUT2D eigenvalue weighted by molar-refractivity contribution is 5.82. The molecule has 0 N–H and O–H groups in total. The first kappa shape index (κ1) is 18.5. The van der Waals surface area contributed by atoms with E-state index in [0.29, 0.717) is 30.0 Å². The number of hydrogen-bond donors (Lipinski definition) is 0. The van der Waals surface area contributed by atoms with Crippen molar-refractivity contribution in [3.8, 4) is 17.2 Å². The van der Waals surface area contributed by atoms with Gasteiger partial charge < -0.3 is 14.2 Å². The van der Waals surface area contributed by atoms with Gasteiger partial charge in [-0.2, -0.15) is 0 Å². The average Bonchev–Trinajstić information content (AvgIpc) is 2.60. The molecule has 2 aromatic rings. The number of benzene rings is 2. The summed E-state index contributed by atoms with van der Waals surface area (Å²) in [5, 5.41) is 0. The van der Waals surface area contributed by atoms with Crippen molar-refractivity contribution < 1.29 is 23.8 Å². The molecule has 0 saturated carbocycles. The van der Waals surface area contributed by atoms with E-state index >= 15 is 0 Å². The molecule has 0 amide bonds. The Morgan fingerprint density at radius 1 is 1.04 bits per heavy atom. The fourth-order valence-corrected chi connectivity index (χ4v) is 1.96. The summed E-state index contributed by atoms with van der Waals surface area (Å²) in [7, 11) is 1.61. The van der Waals surface area contributed by atoms with Crippen molar-refractivity contribution in [1.29, 1.82) is 0 Å². The number of carbonyl (C=O) groups excluding carboxylic acids is 2. The minimum Gasteiger partial charge on any atom is -0.497 e. The maximum Gasteiger partial charge on any atom is 0.316 e. The second kappa shape index (κ2) is 7.83. The predicted octanol–water partition coefficient (Wildman–Crippen LogP) is 4.04. The molecule has 132 valence electrons. The van der Waals surface area contributed by atoms with Gasteiger partial charge in [-0.3, -0.25) is 9.59 Å². The van der Waals surface area contributed by atoms with Crippen molar-refractivity contribution in [2.45, 2.75) is 27.4 Å². The molecule has 0 aliphatic heterocycles. The topological polar surface area (TPSA) is 61.8 Å². The first-order valence-electron chi connectivity index (χ1n) is 7.90. The Morgan fingerprint density at radius 2 is 1.68 bits per heavy atom. The largest absolute Gasteiger partial charge is 0.497 e. The fourth-order valence-electron chi connectivity index (χ4n) is 1.96. The molecule has 0 fully saturated rings. The van der Waals surface area contributed by atoms with Crippen LogP contribution in [-0.4, -0.2) is 19.4 Å². The van der Waals surface area contributed by atoms with Crippen molar-refractivity contribution in [2.75, 3.05) is 7.11 Å². The molecule has 0 aliphatic carbocycles. The van der Waals surface area contributed by atoms with Gasteiger partial charge in [-0.25, -0.2) is 0 Å². The van der Waals surface area contributed by atoms with Gasteiger partial charge in [-0.15, -0.1) is 0 Å². The highest BCUT2D eigenvalue weighted by atomic mass is 16.5. The Kier molecular flexibility index (Phi) is 5.80. The van der Waals surface area contributed by atoms with E-state index in [9.17, 15) is 9.59 Å². The number of ether oxygens (including phenoxy) is 3. The zero-order chi connectivity index (χ0) is 18.4. The van der Waals surface area contributed by atoms with Crippen LogP contribution in [0.5, 0.6) is 17.2 Å². The van der Waals surface area contributed by atoms with Gasteiger partial charge in [0.1, 0.15) is 23.9 Å². The quantitative estimate of drug-likeness (QED) is 0.450. The van der Waals surface area contributed by atoms with Crippen LogP contribution in [-0.2, 0) is 11.4 Å². The third kappa shape index (κ3) is 5.08. The van der Waals surface area contributed by atoms with Crippen molar-refractivity contribution in [2.24, 2.45) is 5.41 Å². The zero-order valence-corrected chi connectivity index (χ0v) is 14.9. The molecule has 0 aromatic heterocycles. The lowest BCUT2D eigenvalue weighted by Crippen LogP contribution is -2.25.